The van der Waals surface area contributed by atoms with Crippen molar-refractivity contribution in [3.05, 3.63) is 114 Å². The maximum Gasteiger partial charge on any atom is 0.255 e. The summed E-state index contributed by atoms with van der Waals surface area (Å²) in [5.41, 5.74) is 11.3. The number of nitrogens with zero attached hydrogens (tertiary/aromatic N) is 1. The molecule has 0 saturated heterocycles. The highest BCUT2D eigenvalue weighted by atomic mass is 16.5. The number of hydrogen-bond donors (Lipinski definition) is 2. The van der Waals surface area contributed by atoms with Gasteiger partial charge < -0.3 is 15.8 Å². The van der Waals surface area contributed by atoms with Crippen LogP contribution in [-0.2, 0) is 6.42 Å². The molecule has 0 aliphatic heterocycles. The third kappa shape index (κ3) is 4.38. The molecule has 1 heterocycles. The van der Waals surface area contributed by atoms with E-state index in [2.05, 4.69) is 10.3 Å². The molecule has 3 N–H and O–H groups in total. The fourth-order valence-electron chi connectivity index (χ4n) is 4.28. The number of anilines is 1. The molecule has 1 aliphatic rings. The third-order valence-electron chi connectivity index (χ3n) is 5.99. The van der Waals surface area contributed by atoms with Gasteiger partial charge in [0.15, 0.2) is 0 Å². The smallest absolute Gasteiger partial charge is 0.255 e. The molecule has 0 fully saturated rings. The second-order valence-electron chi connectivity index (χ2n) is 8.19. The number of carbonyl (C=O) groups is 2. The minimum atomic E-state index is -0.549. The number of amides is 2. The maximum absolute atomic E-state index is 12.9. The zero-order chi connectivity index (χ0) is 23.5. The van der Waals surface area contributed by atoms with Crippen LogP contribution in [-0.4, -0.2) is 16.8 Å². The lowest BCUT2D eigenvalue weighted by atomic mass is 10.0. The molecular formula is C28H23N3O3. The minimum Gasteiger partial charge on any atom is -0.484 e. The van der Waals surface area contributed by atoms with E-state index < -0.39 is 5.91 Å². The van der Waals surface area contributed by atoms with Gasteiger partial charge in [-0.15, -0.1) is 0 Å². The Hall–Kier alpha value is -4.45. The van der Waals surface area contributed by atoms with Crippen LogP contribution < -0.4 is 15.8 Å². The van der Waals surface area contributed by atoms with Gasteiger partial charge in [0.2, 0.25) is 5.91 Å². The average Bonchev–Trinajstić information content (AvgIpc) is 3.28. The van der Waals surface area contributed by atoms with Crippen LogP contribution in [0.15, 0.2) is 91.3 Å². The Balaban J connectivity index is 1.32. The molecule has 6 heteroatoms. The fourth-order valence-corrected chi connectivity index (χ4v) is 4.28. The van der Waals surface area contributed by atoms with Gasteiger partial charge in [-0.05, 0) is 59.4 Å². The Kier molecular flexibility index (Phi) is 5.79. The van der Waals surface area contributed by atoms with E-state index >= 15 is 0 Å². The quantitative estimate of drug-likeness (QED) is 0.425. The van der Waals surface area contributed by atoms with Gasteiger partial charge in [0.1, 0.15) is 11.9 Å². The average molecular weight is 450 g/mol. The predicted octanol–water partition coefficient (Wildman–Crippen LogP) is 5.17. The Labute approximate surface area is 197 Å². The van der Waals surface area contributed by atoms with Crippen molar-refractivity contribution in [2.75, 3.05) is 5.32 Å². The summed E-state index contributed by atoms with van der Waals surface area (Å²) in [6.45, 7) is 0. The van der Waals surface area contributed by atoms with Gasteiger partial charge in [0, 0.05) is 17.4 Å². The first kappa shape index (κ1) is 21.4. The number of pyridine rings is 1. The van der Waals surface area contributed by atoms with Crippen molar-refractivity contribution in [3.63, 3.8) is 0 Å². The van der Waals surface area contributed by atoms with E-state index in [9.17, 15) is 9.59 Å². The Morgan fingerprint density at radius 3 is 2.41 bits per heavy atom. The number of nitrogens with one attached hydrogen (secondary N) is 1. The van der Waals surface area contributed by atoms with E-state index in [-0.39, 0.29) is 12.0 Å². The normalized spacial score (nSPS) is 14.3. The number of nitrogens with two attached hydrogens (primary N) is 1. The molecule has 3 aromatic carbocycles. The molecule has 4 aromatic rings. The summed E-state index contributed by atoms with van der Waals surface area (Å²) in [5.74, 6) is -0.218. The molecule has 0 unspecified atom stereocenters. The molecule has 34 heavy (non-hydrogen) atoms. The Morgan fingerprint density at radius 1 is 0.882 bits per heavy atom. The monoisotopic (exact) mass is 449 g/mol. The second-order valence-corrected chi connectivity index (χ2v) is 8.19. The van der Waals surface area contributed by atoms with Crippen LogP contribution in [0.25, 0.3) is 11.1 Å². The zero-order valence-corrected chi connectivity index (χ0v) is 18.4. The van der Waals surface area contributed by atoms with Gasteiger partial charge in [-0.25, -0.2) is 0 Å². The summed E-state index contributed by atoms with van der Waals surface area (Å²) >= 11 is 0. The third-order valence-corrected chi connectivity index (χ3v) is 5.99. The molecule has 0 bridgehead atoms. The highest BCUT2D eigenvalue weighted by Gasteiger charge is 2.27. The summed E-state index contributed by atoms with van der Waals surface area (Å²) in [6, 6.07) is 25.1. The molecular weight excluding hydrogens is 426 g/mol. The van der Waals surface area contributed by atoms with E-state index in [1.54, 1.807) is 12.3 Å². The van der Waals surface area contributed by atoms with Crippen molar-refractivity contribution in [1.82, 2.24) is 4.98 Å². The maximum atomic E-state index is 12.9. The van der Waals surface area contributed by atoms with E-state index in [4.69, 9.17) is 10.5 Å². The van der Waals surface area contributed by atoms with E-state index in [0.717, 1.165) is 40.8 Å². The lowest BCUT2D eigenvalue weighted by Gasteiger charge is -2.16. The van der Waals surface area contributed by atoms with E-state index in [1.807, 2.05) is 72.8 Å². The Morgan fingerprint density at radius 2 is 1.65 bits per heavy atom. The fraction of sp³-hybridized carbons (Fsp3) is 0.107. The largest absolute Gasteiger partial charge is 0.484 e. The number of fused-ring (bicyclic) bond motifs is 1. The summed E-state index contributed by atoms with van der Waals surface area (Å²) in [6.07, 6.45) is 4.32. The SMILES string of the molecule is NC(=O)c1cncc(O[C@H]2CCc3c(NC(=O)c4ccc(-c5ccccc5)cc4)cccc32)c1. The molecule has 168 valence electrons. The molecule has 6 nitrogen and oxygen atoms in total. The summed E-state index contributed by atoms with van der Waals surface area (Å²) in [5, 5.41) is 3.06. The second kappa shape index (κ2) is 9.19. The van der Waals surface area contributed by atoms with Crippen molar-refractivity contribution in [1.29, 1.82) is 0 Å². The van der Waals surface area contributed by atoms with Crippen LogP contribution in [0, 0.1) is 0 Å². The van der Waals surface area contributed by atoms with Gasteiger partial charge in [0.25, 0.3) is 5.91 Å². The number of rotatable bonds is 6. The number of hydrogen-bond acceptors (Lipinski definition) is 4. The lowest BCUT2D eigenvalue weighted by molar-refractivity contribution is 0.0996. The van der Waals surface area contributed by atoms with E-state index in [0.29, 0.717) is 16.9 Å². The molecule has 0 spiro atoms. The first-order valence-electron chi connectivity index (χ1n) is 11.1. The van der Waals surface area contributed by atoms with E-state index in [1.165, 1.54) is 6.20 Å². The van der Waals surface area contributed by atoms with Crippen molar-refractivity contribution < 1.29 is 14.3 Å². The molecule has 2 amide bonds. The van der Waals surface area contributed by atoms with Gasteiger partial charge in [0.05, 0.1) is 11.8 Å². The molecule has 1 aromatic heterocycles. The number of aromatic nitrogens is 1. The lowest BCUT2D eigenvalue weighted by Crippen LogP contribution is -2.13. The van der Waals surface area contributed by atoms with Crippen LogP contribution in [0.5, 0.6) is 5.75 Å². The molecule has 1 aliphatic carbocycles. The first-order chi connectivity index (χ1) is 16.6. The van der Waals surface area contributed by atoms with Gasteiger partial charge in [-0.1, -0.05) is 54.6 Å². The summed E-state index contributed by atoms with van der Waals surface area (Å²) in [7, 11) is 0. The number of carbonyl (C=O) groups excluding carboxylic acids is 2. The van der Waals surface area contributed by atoms with Gasteiger partial charge in [-0.2, -0.15) is 0 Å². The van der Waals surface area contributed by atoms with Crippen LogP contribution >= 0.6 is 0 Å². The highest BCUT2D eigenvalue weighted by Crippen LogP contribution is 2.38. The first-order valence-corrected chi connectivity index (χ1v) is 11.1. The molecule has 0 radical (unpaired) electrons. The number of ether oxygens (including phenoxy) is 1. The molecule has 5 rings (SSSR count). The topological polar surface area (TPSA) is 94.3 Å². The molecule has 0 saturated carbocycles. The van der Waals surface area contributed by atoms with Crippen LogP contribution in [0.3, 0.4) is 0 Å². The highest BCUT2D eigenvalue weighted by molar-refractivity contribution is 6.05. The van der Waals surface area contributed by atoms with Crippen molar-refractivity contribution >= 4 is 17.5 Å². The van der Waals surface area contributed by atoms with Gasteiger partial charge >= 0.3 is 0 Å². The van der Waals surface area contributed by atoms with Crippen molar-refractivity contribution in [3.8, 4) is 16.9 Å². The van der Waals surface area contributed by atoms with Gasteiger partial charge in [-0.3, -0.25) is 14.6 Å². The minimum absolute atomic E-state index is 0.157. The van der Waals surface area contributed by atoms with Crippen molar-refractivity contribution in [2.24, 2.45) is 5.73 Å². The standard InChI is InChI=1S/C28H23N3O3/c29-27(32)21-15-22(17-30-16-21)34-26-14-13-23-24(26)7-4-8-25(23)31-28(33)20-11-9-19(10-12-20)18-5-2-1-3-6-18/h1-12,15-17,26H,13-14H2,(H2,29,32)(H,31,33)/t26-/m0/s1. The summed E-state index contributed by atoms with van der Waals surface area (Å²) in [4.78, 5) is 28.4. The van der Waals surface area contributed by atoms with Crippen molar-refractivity contribution in [2.45, 2.75) is 18.9 Å². The Bertz CT molecular complexity index is 1350. The van der Waals surface area contributed by atoms with Crippen LogP contribution in [0.2, 0.25) is 0 Å². The summed E-state index contributed by atoms with van der Waals surface area (Å²) < 4.78 is 6.11. The number of benzene rings is 3. The zero-order valence-electron chi connectivity index (χ0n) is 18.4. The van der Waals surface area contributed by atoms with Crippen LogP contribution in [0.4, 0.5) is 5.69 Å². The number of primary amides is 1. The molecule has 1 atom stereocenters. The van der Waals surface area contributed by atoms with Crippen LogP contribution in [0.1, 0.15) is 44.4 Å². The predicted molar refractivity (Wildman–Crippen MR) is 131 cm³/mol.